The molecule has 1 atom stereocenters. The standard InChI is InChI=1S/C16H23NO2/c1-4-19-15-8-7-14(11(2)12(15)3)16(18)13-6-5-9-17-10-13/h7-8,13,17H,4-6,9-10H2,1-3H3. The average Bonchev–Trinajstić information content (AvgIpc) is 2.45. The van der Waals surface area contributed by atoms with Crippen molar-refractivity contribution in [3.63, 3.8) is 0 Å². The fraction of sp³-hybridized carbons (Fsp3) is 0.562. The molecule has 1 aliphatic rings. The quantitative estimate of drug-likeness (QED) is 0.847. The predicted octanol–water partition coefficient (Wildman–Crippen LogP) is 2.88. The minimum Gasteiger partial charge on any atom is -0.494 e. The maximum atomic E-state index is 12.6. The van der Waals surface area contributed by atoms with Gasteiger partial charge in [0.1, 0.15) is 5.75 Å². The van der Waals surface area contributed by atoms with Gasteiger partial charge in [-0.05, 0) is 63.4 Å². The van der Waals surface area contributed by atoms with Crippen molar-refractivity contribution < 1.29 is 9.53 Å². The lowest BCUT2D eigenvalue weighted by atomic mass is 9.88. The third-order valence-electron chi connectivity index (χ3n) is 3.97. The van der Waals surface area contributed by atoms with E-state index in [2.05, 4.69) is 5.32 Å². The highest BCUT2D eigenvalue weighted by molar-refractivity contribution is 5.99. The lowest BCUT2D eigenvalue weighted by Gasteiger charge is -2.23. The van der Waals surface area contributed by atoms with Gasteiger partial charge in [-0.25, -0.2) is 0 Å². The second kappa shape index (κ2) is 6.20. The van der Waals surface area contributed by atoms with Gasteiger partial charge in [0.05, 0.1) is 6.61 Å². The van der Waals surface area contributed by atoms with E-state index in [1.165, 1.54) is 0 Å². The Morgan fingerprint density at radius 1 is 1.37 bits per heavy atom. The van der Waals surface area contributed by atoms with Crippen LogP contribution in [0.25, 0.3) is 0 Å². The summed E-state index contributed by atoms with van der Waals surface area (Å²) in [5, 5.41) is 3.31. The summed E-state index contributed by atoms with van der Waals surface area (Å²) in [7, 11) is 0. The lowest BCUT2D eigenvalue weighted by Crippen LogP contribution is -2.34. The van der Waals surface area contributed by atoms with E-state index in [4.69, 9.17) is 4.74 Å². The van der Waals surface area contributed by atoms with Gasteiger partial charge in [-0.1, -0.05) is 0 Å². The summed E-state index contributed by atoms with van der Waals surface area (Å²) in [5.74, 6) is 1.29. The maximum Gasteiger partial charge on any atom is 0.167 e. The molecule has 3 heteroatoms. The second-order valence-corrected chi connectivity index (χ2v) is 5.20. The molecule has 0 aromatic heterocycles. The predicted molar refractivity (Wildman–Crippen MR) is 77.0 cm³/mol. The van der Waals surface area contributed by atoms with Crippen LogP contribution < -0.4 is 10.1 Å². The van der Waals surface area contributed by atoms with E-state index < -0.39 is 0 Å². The number of hydrogen-bond donors (Lipinski definition) is 1. The maximum absolute atomic E-state index is 12.6. The summed E-state index contributed by atoms with van der Waals surface area (Å²) in [6, 6.07) is 3.85. The van der Waals surface area contributed by atoms with Crippen LogP contribution in [0.3, 0.4) is 0 Å². The smallest absolute Gasteiger partial charge is 0.167 e. The highest BCUT2D eigenvalue weighted by atomic mass is 16.5. The summed E-state index contributed by atoms with van der Waals surface area (Å²) in [6.45, 7) is 8.51. The Balaban J connectivity index is 2.24. The number of carbonyl (C=O) groups is 1. The molecule has 1 fully saturated rings. The zero-order valence-electron chi connectivity index (χ0n) is 12.1. The molecule has 1 unspecified atom stereocenters. The first kappa shape index (κ1) is 14.1. The molecule has 1 aromatic rings. The van der Waals surface area contributed by atoms with Crippen LogP contribution in [0.15, 0.2) is 12.1 Å². The molecule has 2 rings (SSSR count). The molecule has 0 spiro atoms. The minimum atomic E-state index is 0.129. The van der Waals surface area contributed by atoms with Gasteiger partial charge < -0.3 is 10.1 Å². The zero-order valence-corrected chi connectivity index (χ0v) is 12.1. The van der Waals surface area contributed by atoms with Crippen molar-refractivity contribution in [1.82, 2.24) is 5.32 Å². The normalized spacial score (nSPS) is 19.2. The van der Waals surface area contributed by atoms with Crippen LogP contribution in [-0.4, -0.2) is 25.5 Å². The first-order valence-corrected chi connectivity index (χ1v) is 7.13. The van der Waals surface area contributed by atoms with E-state index in [-0.39, 0.29) is 11.7 Å². The molecule has 0 amide bonds. The molecular formula is C16H23NO2. The van der Waals surface area contributed by atoms with Gasteiger partial charge in [-0.15, -0.1) is 0 Å². The van der Waals surface area contributed by atoms with Crippen molar-refractivity contribution >= 4 is 5.78 Å². The molecule has 19 heavy (non-hydrogen) atoms. The number of nitrogens with one attached hydrogen (secondary N) is 1. The van der Waals surface area contributed by atoms with E-state index in [0.29, 0.717) is 6.61 Å². The van der Waals surface area contributed by atoms with Crippen LogP contribution in [0.5, 0.6) is 5.75 Å². The molecule has 0 aliphatic carbocycles. The van der Waals surface area contributed by atoms with Crippen LogP contribution in [0, 0.1) is 19.8 Å². The number of Topliss-reactive ketones (excluding diaryl/α,β-unsaturated/α-hetero) is 1. The Labute approximate surface area is 115 Å². The number of ketones is 1. The van der Waals surface area contributed by atoms with Crippen LogP contribution in [-0.2, 0) is 0 Å². The summed E-state index contributed by atoms with van der Waals surface area (Å²) in [6.07, 6.45) is 2.09. The molecule has 0 saturated carbocycles. The number of carbonyl (C=O) groups excluding carboxylic acids is 1. The first-order chi connectivity index (χ1) is 9.15. The van der Waals surface area contributed by atoms with E-state index in [0.717, 1.165) is 48.4 Å². The van der Waals surface area contributed by atoms with Crippen LogP contribution in [0.2, 0.25) is 0 Å². The number of piperidine rings is 1. The van der Waals surface area contributed by atoms with Crippen molar-refractivity contribution in [3.8, 4) is 5.75 Å². The van der Waals surface area contributed by atoms with Crippen molar-refractivity contribution in [2.75, 3.05) is 19.7 Å². The summed E-state index contributed by atoms with van der Waals surface area (Å²) in [5.41, 5.74) is 2.99. The molecule has 1 heterocycles. The summed E-state index contributed by atoms with van der Waals surface area (Å²) >= 11 is 0. The number of hydrogen-bond acceptors (Lipinski definition) is 3. The van der Waals surface area contributed by atoms with Gasteiger partial charge in [-0.3, -0.25) is 4.79 Å². The monoisotopic (exact) mass is 261 g/mol. The van der Waals surface area contributed by atoms with Crippen molar-refractivity contribution in [1.29, 1.82) is 0 Å². The average molecular weight is 261 g/mol. The van der Waals surface area contributed by atoms with Gasteiger partial charge >= 0.3 is 0 Å². The molecule has 0 radical (unpaired) electrons. The molecule has 104 valence electrons. The molecule has 1 aromatic carbocycles. The van der Waals surface area contributed by atoms with E-state index in [9.17, 15) is 4.79 Å². The Bertz CT molecular complexity index is 462. The highest BCUT2D eigenvalue weighted by Gasteiger charge is 2.24. The van der Waals surface area contributed by atoms with Crippen LogP contribution in [0.4, 0.5) is 0 Å². The third-order valence-corrected chi connectivity index (χ3v) is 3.97. The molecule has 0 bridgehead atoms. The van der Waals surface area contributed by atoms with Gasteiger partial charge in [-0.2, -0.15) is 0 Å². The molecule has 3 nitrogen and oxygen atoms in total. The summed E-state index contributed by atoms with van der Waals surface area (Å²) < 4.78 is 5.57. The molecular weight excluding hydrogens is 238 g/mol. The zero-order chi connectivity index (χ0) is 13.8. The van der Waals surface area contributed by atoms with Crippen molar-refractivity contribution in [2.24, 2.45) is 5.92 Å². The van der Waals surface area contributed by atoms with E-state index in [1.807, 2.05) is 32.9 Å². The number of ether oxygens (including phenoxy) is 1. The van der Waals surface area contributed by atoms with Gasteiger partial charge in [0, 0.05) is 18.0 Å². The Morgan fingerprint density at radius 3 is 2.79 bits per heavy atom. The van der Waals surface area contributed by atoms with Crippen LogP contribution >= 0.6 is 0 Å². The van der Waals surface area contributed by atoms with Gasteiger partial charge in [0.15, 0.2) is 5.78 Å². The van der Waals surface area contributed by atoms with Gasteiger partial charge in [0.25, 0.3) is 0 Å². The molecule has 1 N–H and O–H groups in total. The number of benzene rings is 1. The van der Waals surface area contributed by atoms with E-state index >= 15 is 0 Å². The van der Waals surface area contributed by atoms with Gasteiger partial charge in [0.2, 0.25) is 0 Å². The fourth-order valence-corrected chi connectivity index (χ4v) is 2.67. The largest absolute Gasteiger partial charge is 0.494 e. The highest BCUT2D eigenvalue weighted by Crippen LogP contribution is 2.27. The van der Waals surface area contributed by atoms with Crippen LogP contribution in [0.1, 0.15) is 41.3 Å². The summed E-state index contributed by atoms with van der Waals surface area (Å²) in [4.78, 5) is 12.6. The molecule has 1 saturated heterocycles. The lowest BCUT2D eigenvalue weighted by molar-refractivity contribution is 0.0899. The SMILES string of the molecule is CCOc1ccc(C(=O)C2CCCNC2)c(C)c1C. The first-order valence-electron chi connectivity index (χ1n) is 7.13. The second-order valence-electron chi connectivity index (χ2n) is 5.20. The fourth-order valence-electron chi connectivity index (χ4n) is 2.67. The Hall–Kier alpha value is -1.35. The van der Waals surface area contributed by atoms with Crippen molar-refractivity contribution in [3.05, 3.63) is 28.8 Å². The Morgan fingerprint density at radius 2 is 2.16 bits per heavy atom. The van der Waals surface area contributed by atoms with Crippen molar-refractivity contribution in [2.45, 2.75) is 33.6 Å². The topological polar surface area (TPSA) is 38.3 Å². The molecule has 1 aliphatic heterocycles. The number of rotatable bonds is 4. The minimum absolute atomic E-state index is 0.129. The van der Waals surface area contributed by atoms with E-state index in [1.54, 1.807) is 0 Å². The Kier molecular flexibility index (Phi) is 4.59. The third kappa shape index (κ3) is 2.98.